The molecule has 1 heterocycles. The summed E-state index contributed by atoms with van der Waals surface area (Å²) in [4.78, 5) is 4.17. The van der Waals surface area contributed by atoms with Crippen molar-refractivity contribution in [2.75, 3.05) is 5.73 Å². The van der Waals surface area contributed by atoms with E-state index < -0.39 is 0 Å². The fourth-order valence-electron chi connectivity index (χ4n) is 2.05. The molecule has 0 aliphatic rings. The average Bonchev–Trinajstić information content (AvgIpc) is 2.48. The van der Waals surface area contributed by atoms with Crippen LogP contribution < -0.4 is 5.73 Å². The predicted octanol–water partition coefficient (Wildman–Crippen LogP) is 3.09. The van der Waals surface area contributed by atoms with Gasteiger partial charge in [-0.1, -0.05) is 42.5 Å². The molecule has 0 bridgehead atoms. The molecule has 0 aliphatic heterocycles. The summed E-state index contributed by atoms with van der Waals surface area (Å²) in [5.41, 5.74) is 8.17. The molecule has 0 saturated carbocycles. The van der Waals surface area contributed by atoms with E-state index in [-0.39, 0.29) is 5.95 Å². The second-order valence-corrected chi connectivity index (χ2v) is 4.58. The Morgan fingerprint density at radius 2 is 1.75 bits per heavy atom. The third kappa shape index (κ3) is 2.49. The number of aryl methyl sites for hydroxylation is 1. The standard InChI is InChI=1S/C16H14N4/c1-11-15(18-16(17)20-19-11)9-7-12-6-8-13-4-2-3-5-14(13)10-12/h2-10H,1H3,(H2,17,18,20)/b9-7+. The van der Waals surface area contributed by atoms with Crippen molar-refractivity contribution < 1.29 is 0 Å². The van der Waals surface area contributed by atoms with E-state index in [0.29, 0.717) is 0 Å². The maximum Gasteiger partial charge on any atom is 0.240 e. The summed E-state index contributed by atoms with van der Waals surface area (Å²) in [6, 6.07) is 14.6. The molecule has 98 valence electrons. The lowest BCUT2D eigenvalue weighted by Gasteiger charge is -2.00. The van der Waals surface area contributed by atoms with Crippen molar-refractivity contribution in [2.24, 2.45) is 0 Å². The zero-order valence-electron chi connectivity index (χ0n) is 11.1. The van der Waals surface area contributed by atoms with Crippen molar-refractivity contribution in [2.45, 2.75) is 6.92 Å². The summed E-state index contributed by atoms with van der Waals surface area (Å²) >= 11 is 0. The van der Waals surface area contributed by atoms with Gasteiger partial charge in [-0.25, -0.2) is 4.98 Å². The van der Waals surface area contributed by atoms with Crippen LogP contribution in [0.3, 0.4) is 0 Å². The smallest absolute Gasteiger partial charge is 0.240 e. The molecule has 0 amide bonds. The molecule has 0 saturated heterocycles. The van der Waals surface area contributed by atoms with E-state index in [2.05, 4.69) is 45.5 Å². The summed E-state index contributed by atoms with van der Waals surface area (Å²) in [6.07, 6.45) is 3.91. The van der Waals surface area contributed by atoms with Gasteiger partial charge in [-0.3, -0.25) is 0 Å². The van der Waals surface area contributed by atoms with E-state index in [4.69, 9.17) is 5.73 Å². The van der Waals surface area contributed by atoms with Crippen LogP contribution >= 0.6 is 0 Å². The van der Waals surface area contributed by atoms with Gasteiger partial charge in [0, 0.05) is 0 Å². The highest BCUT2D eigenvalue weighted by Gasteiger charge is 1.99. The number of hydrogen-bond acceptors (Lipinski definition) is 4. The molecular weight excluding hydrogens is 248 g/mol. The fourth-order valence-corrected chi connectivity index (χ4v) is 2.05. The number of benzene rings is 2. The van der Waals surface area contributed by atoms with Gasteiger partial charge in [-0.05, 0) is 35.4 Å². The Morgan fingerprint density at radius 1 is 0.950 bits per heavy atom. The minimum absolute atomic E-state index is 0.189. The van der Waals surface area contributed by atoms with E-state index in [1.807, 2.05) is 31.2 Å². The summed E-state index contributed by atoms with van der Waals surface area (Å²) < 4.78 is 0. The third-order valence-electron chi connectivity index (χ3n) is 3.12. The van der Waals surface area contributed by atoms with Crippen LogP contribution in [-0.2, 0) is 0 Å². The van der Waals surface area contributed by atoms with Crippen LogP contribution in [0.15, 0.2) is 42.5 Å². The van der Waals surface area contributed by atoms with E-state index in [9.17, 15) is 0 Å². The van der Waals surface area contributed by atoms with Crippen molar-refractivity contribution in [3.8, 4) is 0 Å². The Kier molecular flexibility index (Phi) is 3.13. The molecule has 4 heteroatoms. The van der Waals surface area contributed by atoms with Gasteiger partial charge in [0.25, 0.3) is 0 Å². The third-order valence-corrected chi connectivity index (χ3v) is 3.12. The summed E-state index contributed by atoms with van der Waals surface area (Å²) in [7, 11) is 0. The van der Waals surface area contributed by atoms with Crippen LogP contribution in [0.5, 0.6) is 0 Å². The molecular formula is C16H14N4. The lowest BCUT2D eigenvalue weighted by molar-refractivity contribution is 0.932. The normalized spacial score (nSPS) is 11.2. The molecule has 3 rings (SSSR count). The fraction of sp³-hybridized carbons (Fsp3) is 0.0625. The van der Waals surface area contributed by atoms with Gasteiger partial charge in [0.15, 0.2) is 0 Å². The predicted molar refractivity (Wildman–Crippen MR) is 81.9 cm³/mol. The Hall–Kier alpha value is -2.75. The molecule has 2 N–H and O–H groups in total. The summed E-state index contributed by atoms with van der Waals surface area (Å²) in [6.45, 7) is 1.86. The highest BCUT2D eigenvalue weighted by molar-refractivity contribution is 5.85. The quantitative estimate of drug-likeness (QED) is 0.770. The SMILES string of the molecule is Cc1nnc(N)nc1/C=C/c1ccc2ccccc2c1. The first-order valence-electron chi connectivity index (χ1n) is 6.36. The molecule has 0 spiro atoms. The number of nitrogens with zero attached hydrogens (tertiary/aromatic N) is 3. The Balaban J connectivity index is 1.96. The van der Waals surface area contributed by atoms with Crippen molar-refractivity contribution in [3.05, 3.63) is 59.4 Å². The van der Waals surface area contributed by atoms with E-state index in [1.54, 1.807) is 0 Å². The maximum absolute atomic E-state index is 5.55. The first-order valence-corrected chi connectivity index (χ1v) is 6.36. The Labute approximate surface area is 117 Å². The average molecular weight is 262 g/mol. The van der Waals surface area contributed by atoms with E-state index in [0.717, 1.165) is 17.0 Å². The van der Waals surface area contributed by atoms with Gasteiger partial charge in [-0.2, -0.15) is 0 Å². The summed E-state index contributed by atoms with van der Waals surface area (Å²) in [5, 5.41) is 10.1. The Morgan fingerprint density at radius 3 is 2.60 bits per heavy atom. The number of rotatable bonds is 2. The molecule has 1 aromatic heterocycles. The van der Waals surface area contributed by atoms with Gasteiger partial charge < -0.3 is 5.73 Å². The monoisotopic (exact) mass is 262 g/mol. The first kappa shape index (κ1) is 12.3. The van der Waals surface area contributed by atoms with Gasteiger partial charge in [0.1, 0.15) is 0 Å². The largest absolute Gasteiger partial charge is 0.366 e. The minimum atomic E-state index is 0.189. The number of nitrogens with two attached hydrogens (primary N) is 1. The number of aromatic nitrogens is 3. The lowest BCUT2D eigenvalue weighted by atomic mass is 10.1. The maximum atomic E-state index is 5.55. The van der Waals surface area contributed by atoms with Crippen molar-refractivity contribution >= 4 is 28.9 Å². The lowest BCUT2D eigenvalue weighted by Crippen LogP contribution is -2.01. The van der Waals surface area contributed by atoms with Gasteiger partial charge in [-0.15, -0.1) is 10.2 Å². The molecule has 4 nitrogen and oxygen atoms in total. The van der Waals surface area contributed by atoms with Crippen LogP contribution in [-0.4, -0.2) is 15.2 Å². The van der Waals surface area contributed by atoms with Crippen LogP contribution in [0.2, 0.25) is 0 Å². The number of anilines is 1. The van der Waals surface area contributed by atoms with Crippen LogP contribution in [0.1, 0.15) is 17.0 Å². The zero-order valence-corrected chi connectivity index (χ0v) is 11.1. The number of fused-ring (bicyclic) bond motifs is 1. The van der Waals surface area contributed by atoms with Crippen molar-refractivity contribution in [1.29, 1.82) is 0 Å². The first-order chi connectivity index (χ1) is 9.72. The number of nitrogen functional groups attached to an aromatic ring is 1. The van der Waals surface area contributed by atoms with Gasteiger partial charge in [0.05, 0.1) is 11.4 Å². The number of hydrogen-bond donors (Lipinski definition) is 1. The van der Waals surface area contributed by atoms with Gasteiger partial charge in [0.2, 0.25) is 5.95 Å². The molecule has 0 atom stereocenters. The molecule has 0 fully saturated rings. The van der Waals surface area contributed by atoms with Crippen LogP contribution in [0, 0.1) is 6.92 Å². The van der Waals surface area contributed by atoms with E-state index in [1.165, 1.54) is 10.8 Å². The van der Waals surface area contributed by atoms with Crippen LogP contribution in [0.25, 0.3) is 22.9 Å². The molecule has 20 heavy (non-hydrogen) atoms. The second kappa shape index (κ2) is 5.09. The second-order valence-electron chi connectivity index (χ2n) is 4.58. The highest BCUT2D eigenvalue weighted by atomic mass is 15.2. The van der Waals surface area contributed by atoms with Crippen molar-refractivity contribution in [1.82, 2.24) is 15.2 Å². The van der Waals surface area contributed by atoms with Crippen molar-refractivity contribution in [3.63, 3.8) is 0 Å². The molecule has 0 aliphatic carbocycles. The Bertz CT molecular complexity index is 793. The molecule has 3 aromatic rings. The van der Waals surface area contributed by atoms with Crippen LogP contribution in [0.4, 0.5) is 5.95 Å². The topological polar surface area (TPSA) is 64.7 Å². The van der Waals surface area contributed by atoms with E-state index >= 15 is 0 Å². The molecule has 2 aromatic carbocycles. The molecule has 0 unspecified atom stereocenters. The minimum Gasteiger partial charge on any atom is -0.366 e. The highest BCUT2D eigenvalue weighted by Crippen LogP contribution is 2.17. The summed E-state index contributed by atoms with van der Waals surface area (Å²) in [5.74, 6) is 0.189. The van der Waals surface area contributed by atoms with Gasteiger partial charge >= 0.3 is 0 Å². The molecule has 0 radical (unpaired) electrons. The zero-order chi connectivity index (χ0) is 13.9.